The van der Waals surface area contributed by atoms with E-state index in [-0.39, 0.29) is 11.5 Å². The number of hydrogen-bond acceptors (Lipinski definition) is 6. The van der Waals surface area contributed by atoms with Gasteiger partial charge in [-0.3, -0.25) is 10.1 Å². The van der Waals surface area contributed by atoms with Gasteiger partial charge in [0.2, 0.25) is 0 Å². The Morgan fingerprint density at radius 2 is 1.55 bits per heavy atom. The number of fused-ring (bicyclic) bond motifs is 1. The third-order valence-electron chi connectivity index (χ3n) is 6.26. The smallest absolute Gasteiger partial charge is 0.412 e. The van der Waals surface area contributed by atoms with Crippen molar-refractivity contribution in [3.8, 4) is 11.5 Å². The number of Topliss-reactive ketones (excluding diaryl/α,β-unsaturated/α-hetero) is 1. The molecule has 0 aliphatic heterocycles. The predicted molar refractivity (Wildman–Crippen MR) is 152 cm³/mol. The lowest BCUT2D eigenvalue weighted by Crippen LogP contribution is -2.31. The van der Waals surface area contributed by atoms with Crippen LogP contribution in [-0.2, 0) is 9.53 Å². The van der Waals surface area contributed by atoms with Gasteiger partial charge < -0.3 is 19.7 Å². The summed E-state index contributed by atoms with van der Waals surface area (Å²) >= 11 is 0. The molecule has 0 spiro atoms. The highest BCUT2D eigenvalue weighted by atomic mass is 16.6. The van der Waals surface area contributed by atoms with Gasteiger partial charge in [-0.15, -0.1) is 0 Å². The number of anilines is 1. The summed E-state index contributed by atoms with van der Waals surface area (Å²) in [6.07, 6.45) is 0.822. The summed E-state index contributed by atoms with van der Waals surface area (Å²) < 4.78 is 12.3. The van der Waals surface area contributed by atoms with Crippen LogP contribution in [-0.4, -0.2) is 34.2 Å². The number of amides is 1. The van der Waals surface area contributed by atoms with Crippen LogP contribution in [0, 0.1) is 0 Å². The molecule has 8 nitrogen and oxygen atoms in total. The molecule has 4 rings (SSSR count). The molecule has 0 saturated carbocycles. The fourth-order valence-electron chi connectivity index (χ4n) is 4.34. The molecule has 4 aromatic rings. The molecule has 0 aliphatic rings. The van der Waals surface area contributed by atoms with Crippen LogP contribution < -0.4 is 10.1 Å². The minimum atomic E-state index is -1.06. The van der Waals surface area contributed by atoms with Gasteiger partial charge in [-0.2, -0.15) is 0 Å². The zero-order valence-corrected chi connectivity index (χ0v) is 21.8. The average molecular weight is 540 g/mol. The van der Waals surface area contributed by atoms with Gasteiger partial charge in [-0.25, -0.2) is 9.59 Å². The van der Waals surface area contributed by atoms with Crippen LogP contribution in [0.5, 0.6) is 11.5 Å². The number of phenols is 1. The molecule has 204 valence electrons. The van der Waals surface area contributed by atoms with Crippen molar-refractivity contribution in [1.82, 2.24) is 0 Å². The number of rotatable bonds is 11. The number of carbonyl (C=O) groups is 3. The van der Waals surface area contributed by atoms with E-state index in [9.17, 15) is 19.5 Å². The molecule has 1 amide bonds. The Morgan fingerprint density at radius 1 is 0.875 bits per heavy atom. The fraction of sp³-hybridized carbons (Fsp3) is 0.156. The summed E-state index contributed by atoms with van der Waals surface area (Å²) in [5.41, 5.74) is 1.56. The molecule has 2 atom stereocenters. The standard InChI is InChI=1S/C32H29NO7/c1-21(34)22-15-17-23(18-16-22)33-32(38)40-31(27-19-20-28(35)26-12-6-5-11-25(26)27)29(13-7-8-14-30(36)37)39-24-9-3-2-4-10-24/h2-6,8-12,14-20,29,31,35H,7,13H2,1H3,(H,33,38)(H,36,37)/b14-8+/t29-,31-/m1/s1. The number of para-hydroxylation sites is 1. The molecule has 0 aliphatic carbocycles. The van der Waals surface area contributed by atoms with Gasteiger partial charge in [0.25, 0.3) is 0 Å². The normalized spacial score (nSPS) is 12.5. The van der Waals surface area contributed by atoms with E-state index in [2.05, 4.69) is 5.32 Å². The highest BCUT2D eigenvalue weighted by Crippen LogP contribution is 2.36. The van der Waals surface area contributed by atoms with Gasteiger partial charge in [-0.05, 0) is 67.6 Å². The van der Waals surface area contributed by atoms with Crippen LogP contribution in [0.2, 0.25) is 0 Å². The zero-order valence-electron chi connectivity index (χ0n) is 21.8. The fourth-order valence-corrected chi connectivity index (χ4v) is 4.34. The summed E-state index contributed by atoms with van der Waals surface area (Å²) in [6.45, 7) is 1.46. The van der Waals surface area contributed by atoms with E-state index in [0.717, 1.165) is 6.08 Å². The van der Waals surface area contributed by atoms with E-state index < -0.39 is 24.3 Å². The molecule has 0 saturated heterocycles. The van der Waals surface area contributed by atoms with E-state index >= 15 is 0 Å². The maximum Gasteiger partial charge on any atom is 0.412 e. The first-order valence-corrected chi connectivity index (χ1v) is 12.7. The number of ketones is 1. The molecular formula is C32H29NO7. The third kappa shape index (κ3) is 7.26. The molecule has 40 heavy (non-hydrogen) atoms. The van der Waals surface area contributed by atoms with Crippen molar-refractivity contribution in [2.45, 2.75) is 32.0 Å². The molecule has 0 heterocycles. The van der Waals surface area contributed by atoms with E-state index in [1.54, 1.807) is 54.6 Å². The first-order chi connectivity index (χ1) is 19.3. The first-order valence-electron chi connectivity index (χ1n) is 12.7. The van der Waals surface area contributed by atoms with Gasteiger partial charge in [-0.1, -0.05) is 54.6 Å². The Hall–Kier alpha value is -5.11. The summed E-state index contributed by atoms with van der Waals surface area (Å²) in [5, 5.41) is 23.4. The molecule has 4 aromatic carbocycles. The van der Waals surface area contributed by atoms with Gasteiger partial charge in [0, 0.05) is 28.3 Å². The molecule has 0 fully saturated rings. The van der Waals surface area contributed by atoms with Crippen LogP contribution in [0.15, 0.2) is 103 Å². The number of allylic oxidation sites excluding steroid dienone is 1. The molecule has 0 aromatic heterocycles. The summed E-state index contributed by atoms with van der Waals surface area (Å²) in [5.74, 6) is -0.524. The second kappa shape index (κ2) is 13.1. The highest BCUT2D eigenvalue weighted by molar-refractivity contribution is 5.95. The molecule has 0 bridgehead atoms. The molecule has 8 heteroatoms. The van der Waals surface area contributed by atoms with E-state index in [4.69, 9.17) is 14.6 Å². The maximum atomic E-state index is 13.2. The summed E-state index contributed by atoms with van der Waals surface area (Å²) in [6, 6.07) is 25.9. The van der Waals surface area contributed by atoms with Crippen LogP contribution in [0.4, 0.5) is 10.5 Å². The van der Waals surface area contributed by atoms with Crippen molar-refractivity contribution in [3.63, 3.8) is 0 Å². The van der Waals surface area contributed by atoms with Gasteiger partial charge in [0.15, 0.2) is 11.9 Å². The van der Waals surface area contributed by atoms with E-state index in [1.807, 2.05) is 30.3 Å². The van der Waals surface area contributed by atoms with Crippen molar-refractivity contribution in [2.75, 3.05) is 5.32 Å². The lowest BCUT2D eigenvalue weighted by atomic mass is 9.94. The topological polar surface area (TPSA) is 122 Å². The Labute approximate surface area is 231 Å². The number of benzene rings is 4. The van der Waals surface area contributed by atoms with Gasteiger partial charge >= 0.3 is 12.1 Å². The molecule has 0 unspecified atom stereocenters. The van der Waals surface area contributed by atoms with Crippen LogP contribution in [0.1, 0.15) is 41.8 Å². The largest absolute Gasteiger partial charge is 0.507 e. The number of carboxylic acids is 1. The highest BCUT2D eigenvalue weighted by Gasteiger charge is 2.31. The van der Waals surface area contributed by atoms with Gasteiger partial charge in [0.1, 0.15) is 17.6 Å². The van der Waals surface area contributed by atoms with Gasteiger partial charge in [0.05, 0.1) is 0 Å². The quantitative estimate of drug-likeness (QED) is 0.140. The molecular weight excluding hydrogens is 510 g/mol. The summed E-state index contributed by atoms with van der Waals surface area (Å²) in [4.78, 5) is 35.8. The van der Waals surface area contributed by atoms with E-state index in [1.165, 1.54) is 19.1 Å². The first kappa shape index (κ1) is 27.9. The Bertz CT molecular complexity index is 1510. The lowest BCUT2D eigenvalue weighted by Gasteiger charge is -2.29. The third-order valence-corrected chi connectivity index (χ3v) is 6.26. The minimum Gasteiger partial charge on any atom is -0.507 e. The maximum absolute atomic E-state index is 13.2. The second-order valence-electron chi connectivity index (χ2n) is 9.09. The van der Waals surface area contributed by atoms with Crippen LogP contribution in [0.3, 0.4) is 0 Å². The Balaban J connectivity index is 1.71. The SMILES string of the molecule is CC(=O)c1ccc(NC(=O)O[C@H](c2ccc(O)c3ccccc23)[C@@H](CC/C=C/C(=O)O)Oc2ccccc2)cc1. The number of carbonyl (C=O) groups excluding carboxylic acids is 2. The summed E-state index contributed by atoms with van der Waals surface area (Å²) in [7, 11) is 0. The monoisotopic (exact) mass is 539 g/mol. The molecule has 0 radical (unpaired) electrons. The van der Waals surface area contributed by atoms with Crippen molar-refractivity contribution < 1.29 is 34.1 Å². The number of ether oxygens (including phenoxy) is 2. The van der Waals surface area contributed by atoms with Crippen molar-refractivity contribution in [3.05, 3.63) is 114 Å². The number of phenolic OH excluding ortho intramolecular Hbond substituents is 1. The zero-order chi connectivity index (χ0) is 28.5. The number of aromatic hydroxyl groups is 1. The van der Waals surface area contributed by atoms with E-state index in [0.29, 0.717) is 46.2 Å². The average Bonchev–Trinajstić information content (AvgIpc) is 2.95. The number of aliphatic carboxylic acids is 1. The number of hydrogen-bond donors (Lipinski definition) is 3. The minimum absolute atomic E-state index is 0.0815. The second-order valence-corrected chi connectivity index (χ2v) is 9.09. The van der Waals surface area contributed by atoms with Crippen LogP contribution in [0.25, 0.3) is 10.8 Å². The number of nitrogens with one attached hydrogen (secondary N) is 1. The Morgan fingerprint density at radius 3 is 2.23 bits per heavy atom. The number of carboxylic acid groups (broad SMARTS) is 1. The van der Waals surface area contributed by atoms with Crippen molar-refractivity contribution in [1.29, 1.82) is 0 Å². The molecule has 3 N–H and O–H groups in total. The van der Waals surface area contributed by atoms with Crippen molar-refractivity contribution in [2.24, 2.45) is 0 Å². The lowest BCUT2D eigenvalue weighted by molar-refractivity contribution is -0.131. The van der Waals surface area contributed by atoms with Crippen LogP contribution >= 0.6 is 0 Å². The van der Waals surface area contributed by atoms with Crippen molar-refractivity contribution >= 4 is 34.3 Å². The Kier molecular flexibility index (Phi) is 9.15. The predicted octanol–water partition coefficient (Wildman–Crippen LogP) is 6.91.